The lowest BCUT2D eigenvalue weighted by Crippen LogP contribution is -2.37. The van der Waals surface area contributed by atoms with Crippen molar-refractivity contribution in [3.05, 3.63) is 46.9 Å². The monoisotopic (exact) mass is 474 g/mol. The molecule has 1 aliphatic rings. The van der Waals surface area contributed by atoms with Crippen LogP contribution in [0.5, 0.6) is 5.75 Å². The summed E-state index contributed by atoms with van der Waals surface area (Å²) in [5.41, 5.74) is 0.688. The zero-order chi connectivity index (χ0) is 19.7. The molecule has 0 spiro atoms. The molecule has 1 N–H and O–H groups in total. The minimum atomic E-state index is -3.99. The highest BCUT2D eigenvalue weighted by atomic mass is 79.9. The van der Waals surface area contributed by atoms with Gasteiger partial charge in [-0.05, 0) is 49.2 Å². The molecule has 10 heteroatoms. The minimum absolute atomic E-state index is 0.0530. The Morgan fingerprint density at radius 1 is 1.15 bits per heavy atom. The molecule has 0 radical (unpaired) electrons. The first-order valence-electron chi connectivity index (χ1n) is 8.20. The van der Waals surface area contributed by atoms with E-state index in [0.717, 1.165) is 10.9 Å². The number of hydrogen-bond donors (Lipinski definition) is 1. The average Bonchev–Trinajstić information content (AvgIpc) is 2.60. The summed E-state index contributed by atoms with van der Waals surface area (Å²) in [7, 11) is -6.07. The van der Waals surface area contributed by atoms with Crippen LogP contribution >= 0.6 is 15.9 Å². The number of anilines is 2. The molecule has 0 amide bonds. The van der Waals surface area contributed by atoms with Gasteiger partial charge in [0.2, 0.25) is 10.0 Å². The maximum absolute atomic E-state index is 12.9. The third kappa shape index (κ3) is 4.39. The van der Waals surface area contributed by atoms with Crippen molar-refractivity contribution in [3.63, 3.8) is 0 Å². The van der Waals surface area contributed by atoms with Crippen LogP contribution in [0, 0.1) is 0 Å². The molecule has 1 saturated heterocycles. The number of nitrogens with zero attached hydrogens (tertiary/aromatic N) is 1. The standard InChI is InChI=1S/C17H19BrN2O5S2/c1-25-16-8-7-15(20-9-2-3-10-26(20,21)22)12-17(16)27(23,24)19-14-6-4-5-13(18)11-14/h4-8,11-12,19H,2-3,9-10H2,1H3. The zero-order valence-corrected chi connectivity index (χ0v) is 17.8. The van der Waals surface area contributed by atoms with Gasteiger partial charge in [0, 0.05) is 16.7 Å². The molecule has 3 rings (SSSR count). The summed E-state index contributed by atoms with van der Waals surface area (Å²) in [4.78, 5) is -0.122. The van der Waals surface area contributed by atoms with Crippen molar-refractivity contribution < 1.29 is 21.6 Å². The van der Waals surface area contributed by atoms with E-state index < -0.39 is 20.0 Å². The normalized spacial score (nSPS) is 16.7. The van der Waals surface area contributed by atoms with Crippen LogP contribution in [0.25, 0.3) is 0 Å². The highest BCUT2D eigenvalue weighted by molar-refractivity contribution is 9.10. The molecule has 1 aliphatic heterocycles. The molecular weight excluding hydrogens is 456 g/mol. The predicted molar refractivity (Wildman–Crippen MR) is 108 cm³/mol. The fraction of sp³-hybridized carbons (Fsp3) is 0.294. The average molecular weight is 475 g/mol. The summed E-state index contributed by atoms with van der Waals surface area (Å²) in [5.74, 6) is 0.188. The van der Waals surface area contributed by atoms with Crippen molar-refractivity contribution in [2.75, 3.05) is 28.4 Å². The Labute approximate surface area is 167 Å². The molecular formula is C17H19BrN2O5S2. The Hall–Kier alpha value is -1.78. The number of sulfonamides is 2. The van der Waals surface area contributed by atoms with Crippen molar-refractivity contribution in [2.45, 2.75) is 17.7 Å². The van der Waals surface area contributed by atoms with Gasteiger partial charge in [0.05, 0.1) is 18.6 Å². The van der Waals surface area contributed by atoms with E-state index in [4.69, 9.17) is 4.74 Å². The Kier molecular flexibility index (Phi) is 5.68. The fourth-order valence-electron chi connectivity index (χ4n) is 2.87. The van der Waals surface area contributed by atoms with Crippen molar-refractivity contribution in [2.24, 2.45) is 0 Å². The van der Waals surface area contributed by atoms with Crippen LogP contribution in [0.4, 0.5) is 11.4 Å². The Morgan fingerprint density at radius 3 is 2.59 bits per heavy atom. The Morgan fingerprint density at radius 2 is 1.93 bits per heavy atom. The number of ether oxygens (including phenoxy) is 1. The summed E-state index contributed by atoms with van der Waals surface area (Å²) in [6, 6.07) is 11.1. The summed E-state index contributed by atoms with van der Waals surface area (Å²) in [6.45, 7) is 0.327. The maximum atomic E-state index is 12.9. The van der Waals surface area contributed by atoms with Crippen LogP contribution in [0.3, 0.4) is 0 Å². The minimum Gasteiger partial charge on any atom is -0.495 e. The van der Waals surface area contributed by atoms with Gasteiger partial charge in [-0.15, -0.1) is 0 Å². The van der Waals surface area contributed by atoms with Gasteiger partial charge in [-0.3, -0.25) is 9.03 Å². The number of rotatable bonds is 5. The molecule has 0 aromatic heterocycles. The molecule has 7 nitrogen and oxygen atoms in total. The third-order valence-electron chi connectivity index (χ3n) is 4.15. The molecule has 0 unspecified atom stereocenters. The van der Waals surface area contributed by atoms with Gasteiger partial charge in [0.25, 0.3) is 10.0 Å². The third-order valence-corrected chi connectivity index (χ3v) is 7.92. The molecule has 1 fully saturated rings. The lowest BCUT2D eigenvalue weighted by atomic mass is 10.2. The van der Waals surface area contributed by atoms with E-state index in [1.807, 2.05) is 0 Å². The van der Waals surface area contributed by atoms with Crippen molar-refractivity contribution in [3.8, 4) is 5.75 Å². The predicted octanol–water partition coefficient (Wildman–Crippen LogP) is 3.19. The summed E-state index contributed by atoms with van der Waals surface area (Å²) in [6.07, 6.45) is 1.33. The SMILES string of the molecule is COc1ccc(N2CCCCS2(=O)=O)cc1S(=O)(=O)Nc1cccc(Br)c1. The van der Waals surface area contributed by atoms with Crippen molar-refractivity contribution >= 4 is 47.4 Å². The number of methoxy groups -OCH3 is 1. The maximum Gasteiger partial charge on any atom is 0.265 e. The summed E-state index contributed by atoms with van der Waals surface area (Å²) < 4.78 is 60.2. The topological polar surface area (TPSA) is 92.8 Å². The Bertz CT molecular complexity index is 1050. The zero-order valence-electron chi connectivity index (χ0n) is 14.6. The van der Waals surface area contributed by atoms with Crippen molar-refractivity contribution in [1.82, 2.24) is 0 Å². The number of hydrogen-bond acceptors (Lipinski definition) is 5. The summed E-state index contributed by atoms with van der Waals surface area (Å²) in [5, 5.41) is 0. The second-order valence-corrected chi connectivity index (χ2v) is 10.6. The van der Waals surface area contributed by atoms with Gasteiger partial charge >= 0.3 is 0 Å². The van der Waals surface area contributed by atoms with E-state index in [0.29, 0.717) is 24.3 Å². The van der Waals surface area contributed by atoms with Gasteiger partial charge in [-0.25, -0.2) is 16.8 Å². The molecule has 2 aromatic carbocycles. The number of benzene rings is 2. The van der Waals surface area contributed by atoms with E-state index in [-0.39, 0.29) is 16.4 Å². The van der Waals surface area contributed by atoms with E-state index in [1.165, 1.54) is 23.5 Å². The van der Waals surface area contributed by atoms with Crippen LogP contribution < -0.4 is 13.8 Å². The van der Waals surface area contributed by atoms with Crippen LogP contribution in [-0.4, -0.2) is 36.2 Å². The van der Waals surface area contributed by atoms with E-state index in [2.05, 4.69) is 20.7 Å². The lowest BCUT2D eigenvalue weighted by Gasteiger charge is -2.28. The lowest BCUT2D eigenvalue weighted by molar-refractivity contribution is 0.403. The number of nitrogens with one attached hydrogen (secondary N) is 1. The quantitative estimate of drug-likeness (QED) is 0.717. The first-order valence-corrected chi connectivity index (χ1v) is 12.1. The van der Waals surface area contributed by atoms with Crippen LogP contribution in [0.15, 0.2) is 51.8 Å². The van der Waals surface area contributed by atoms with Crippen LogP contribution in [0.1, 0.15) is 12.8 Å². The molecule has 27 heavy (non-hydrogen) atoms. The largest absolute Gasteiger partial charge is 0.495 e. The molecule has 0 atom stereocenters. The molecule has 146 valence electrons. The first kappa shape index (κ1) is 20.0. The van der Waals surface area contributed by atoms with Crippen LogP contribution in [-0.2, 0) is 20.0 Å². The molecule has 0 bridgehead atoms. The molecule has 0 aliphatic carbocycles. The highest BCUT2D eigenvalue weighted by Gasteiger charge is 2.28. The van der Waals surface area contributed by atoms with E-state index in [9.17, 15) is 16.8 Å². The van der Waals surface area contributed by atoms with Gasteiger partial charge < -0.3 is 4.74 Å². The van der Waals surface area contributed by atoms with Gasteiger partial charge in [0.1, 0.15) is 10.6 Å². The summed E-state index contributed by atoms with van der Waals surface area (Å²) >= 11 is 3.30. The first-order chi connectivity index (χ1) is 12.7. The van der Waals surface area contributed by atoms with Crippen LogP contribution in [0.2, 0.25) is 0 Å². The van der Waals surface area contributed by atoms with E-state index in [1.54, 1.807) is 30.3 Å². The molecule has 2 aromatic rings. The molecule has 0 saturated carbocycles. The van der Waals surface area contributed by atoms with E-state index >= 15 is 0 Å². The van der Waals surface area contributed by atoms with Gasteiger partial charge in [-0.1, -0.05) is 22.0 Å². The Balaban J connectivity index is 2.03. The van der Waals surface area contributed by atoms with Crippen molar-refractivity contribution in [1.29, 1.82) is 0 Å². The second-order valence-electron chi connectivity index (χ2n) is 6.05. The van der Waals surface area contributed by atoms with Gasteiger partial charge in [-0.2, -0.15) is 0 Å². The molecule has 1 heterocycles. The highest BCUT2D eigenvalue weighted by Crippen LogP contribution is 2.33. The smallest absolute Gasteiger partial charge is 0.265 e. The fourth-order valence-corrected chi connectivity index (χ4v) is 6.14. The van der Waals surface area contributed by atoms with Gasteiger partial charge in [0.15, 0.2) is 0 Å². The number of halogens is 1. The second kappa shape index (κ2) is 7.69.